The van der Waals surface area contributed by atoms with Gasteiger partial charge in [0.15, 0.2) is 0 Å². The number of aromatic nitrogens is 1. The topological polar surface area (TPSA) is 71.1 Å². The van der Waals surface area contributed by atoms with E-state index in [4.69, 9.17) is 0 Å². The van der Waals surface area contributed by atoms with Crippen LogP contribution in [0.4, 0.5) is 5.69 Å². The fourth-order valence-electron chi connectivity index (χ4n) is 3.24. The maximum absolute atomic E-state index is 12.7. The van der Waals surface area contributed by atoms with Crippen molar-refractivity contribution in [3.05, 3.63) is 84.1 Å². The van der Waals surface area contributed by atoms with Crippen LogP contribution in [0.3, 0.4) is 0 Å². The van der Waals surface area contributed by atoms with E-state index in [9.17, 15) is 9.59 Å². The minimum absolute atomic E-state index is 0.0139. The summed E-state index contributed by atoms with van der Waals surface area (Å²) >= 11 is 0. The molecule has 1 aliphatic heterocycles. The Hall–Kier alpha value is -3.47. The number of carbonyl (C=O) groups is 2. The van der Waals surface area contributed by atoms with Crippen molar-refractivity contribution in [3.63, 3.8) is 0 Å². The summed E-state index contributed by atoms with van der Waals surface area (Å²) in [6.45, 7) is 0. The first-order valence-electron chi connectivity index (χ1n) is 8.91. The zero-order valence-electron chi connectivity index (χ0n) is 14.7. The van der Waals surface area contributed by atoms with Gasteiger partial charge in [0.25, 0.3) is 5.91 Å². The van der Waals surface area contributed by atoms with Crippen LogP contribution in [0.5, 0.6) is 0 Å². The Labute approximate surface area is 157 Å². The Bertz CT molecular complexity index is 986. The number of hydrogen-bond acceptors (Lipinski definition) is 3. The second-order valence-corrected chi connectivity index (χ2v) is 6.53. The summed E-state index contributed by atoms with van der Waals surface area (Å²) in [6.07, 6.45) is 2.96. The molecule has 1 aliphatic rings. The zero-order valence-corrected chi connectivity index (χ0v) is 14.7. The lowest BCUT2D eigenvalue weighted by Crippen LogP contribution is -2.18. The van der Waals surface area contributed by atoms with Crippen LogP contribution in [0, 0.1) is 0 Å². The van der Waals surface area contributed by atoms with Crippen molar-refractivity contribution >= 4 is 17.5 Å². The van der Waals surface area contributed by atoms with Crippen LogP contribution in [0.1, 0.15) is 34.8 Å². The maximum atomic E-state index is 12.7. The van der Waals surface area contributed by atoms with Gasteiger partial charge in [-0.15, -0.1) is 0 Å². The highest BCUT2D eigenvalue weighted by atomic mass is 16.2. The molecular weight excluding hydrogens is 338 g/mol. The van der Waals surface area contributed by atoms with Gasteiger partial charge in [0.05, 0.1) is 11.7 Å². The maximum Gasteiger partial charge on any atom is 0.255 e. The highest BCUT2D eigenvalue weighted by Crippen LogP contribution is 2.26. The molecule has 0 aliphatic carbocycles. The molecule has 1 aromatic heterocycles. The molecule has 0 bridgehead atoms. The van der Waals surface area contributed by atoms with Gasteiger partial charge in [-0.25, -0.2) is 0 Å². The first-order valence-corrected chi connectivity index (χ1v) is 8.91. The molecular formula is C22H19N3O2. The summed E-state index contributed by atoms with van der Waals surface area (Å²) < 4.78 is 0. The van der Waals surface area contributed by atoms with E-state index < -0.39 is 0 Å². The molecule has 1 unspecified atom stereocenters. The Kier molecular flexibility index (Phi) is 4.66. The number of carbonyl (C=O) groups excluding carboxylic acids is 2. The van der Waals surface area contributed by atoms with Gasteiger partial charge >= 0.3 is 0 Å². The Morgan fingerprint density at radius 3 is 2.67 bits per heavy atom. The van der Waals surface area contributed by atoms with Crippen molar-refractivity contribution in [1.29, 1.82) is 0 Å². The van der Waals surface area contributed by atoms with Crippen LogP contribution in [-0.4, -0.2) is 16.8 Å². The number of hydrogen-bond donors (Lipinski definition) is 2. The Morgan fingerprint density at radius 2 is 1.89 bits per heavy atom. The van der Waals surface area contributed by atoms with E-state index in [2.05, 4.69) is 15.6 Å². The van der Waals surface area contributed by atoms with Crippen molar-refractivity contribution in [2.45, 2.75) is 18.9 Å². The van der Waals surface area contributed by atoms with Gasteiger partial charge < -0.3 is 10.6 Å². The number of amides is 2. The zero-order chi connectivity index (χ0) is 18.6. The summed E-state index contributed by atoms with van der Waals surface area (Å²) in [5, 5.41) is 5.88. The molecule has 4 rings (SSSR count). The van der Waals surface area contributed by atoms with Crippen LogP contribution in [0.25, 0.3) is 11.3 Å². The van der Waals surface area contributed by atoms with E-state index in [0.29, 0.717) is 17.7 Å². The van der Waals surface area contributed by atoms with Crippen LogP contribution < -0.4 is 10.6 Å². The fourth-order valence-corrected chi connectivity index (χ4v) is 3.24. The van der Waals surface area contributed by atoms with Crippen molar-refractivity contribution in [2.24, 2.45) is 0 Å². The number of rotatable bonds is 4. The summed E-state index contributed by atoms with van der Waals surface area (Å²) in [5.74, 6) is -0.123. The highest BCUT2D eigenvalue weighted by molar-refractivity contribution is 6.04. The van der Waals surface area contributed by atoms with Gasteiger partial charge in [-0.05, 0) is 36.2 Å². The fraction of sp³-hybridized carbons (Fsp3) is 0.136. The van der Waals surface area contributed by atoms with Gasteiger partial charge in [-0.2, -0.15) is 0 Å². The lowest BCUT2D eigenvalue weighted by atomic mass is 10.0. The van der Waals surface area contributed by atoms with Gasteiger partial charge in [0.1, 0.15) is 0 Å². The monoisotopic (exact) mass is 357 g/mol. The van der Waals surface area contributed by atoms with Crippen LogP contribution in [-0.2, 0) is 4.79 Å². The summed E-state index contributed by atoms with van der Waals surface area (Å²) in [7, 11) is 0. The van der Waals surface area contributed by atoms with Crippen molar-refractivity contribution < 1.29 is 9.59 Å². The lowest BCUT2D eigenvalue weighted by molar-refractivity contribution is -0.119. The molecule has 2 aromatic carbocycles. The molecule has 2 heterocycles. The summed E-state index contributed by atoms with van der Waals surface area (Å²) in [6, 6.07) is 20.9. The first-order chi connectivity index (χ1) is 13.2. The van der Waals surface area contributed by atoms with E-state index in [0.717, 1.165) is 23.2 Å². The third-order valence-electron chi connectivity index (χ3n) is 4.63. The van der Waals surface area contributed by atoms with Gasteiger partial charge in [0.2, 0.25) is 5.91 Å². The molecule has 134 valence electrons. The highest BCUT2D eigenvalue weighted by Gasteiger charge is 2.22. The minimum atomic E-state index is -0.192. The standard InChI is InChI=1S/C22H19N3O2/c26-21-10-9-19(25-21)16-7-4-8-18(13-16)24-22(27)17-11-12-23-20(14-17)15-5-2-1-3-6-15/h1-8,11-14,19H,9-10H2,(H,24,27)(H,25,26). The van der Waals surface area contributed by atoms with E-state index in [-0.39, 0.29) is 17.9 Å². The molecule has 2 N–H and O–H groups in total. The van der Waals surface area contributed by atoms with Crippen LogP contribution in [0.15, 0.2) is 72.9 Å². The van der Waals surface area contributed by atoms with Crippen LogP contribution in [0.2, 0.25) is 0 Å². The van der Waals surface area contributed by atoms with Crippen molar-refractivity contribution in [3.8, 4) is 11.3 Å². The van der Waals surface area contributed by atoms with Crippen molar-refractivity contribution in [1.82, 2.24) is 10.3 Å². The summed E-state index contributed by atoms with van der Waals surface area (Å²) in [4.78, 5) is 28.5. The van der Waals surface area contributed by atoms with Gasteiger partial charge in [-0.1, -0.05) is 42.5 Å². The molecule has 5 nitrogen and oxygen atoms in total. The molecule has 0 saturated carbocycles. The smallest absolute Gasteiger partial charge is 0.255 e. The Morgan fingerprint density at radius 1 is 1.04 bits per heavy atom. The third-order valence-corrected chi connectivity index (χ3v) is 4.63. The molecule has 5 heteroatoms. The number of nitrogens with one attached hydrogen (secondary N) is 2. The number of pyridine rings is 1. The molecule has 1 saturated heterocycles. The minimum Gasteiger partial charge on any atom is -0.349 e. The van der Waals surface area contributed by atoms with E-state index in [1.54, 1.807) is 18.3 Å². The second kappa shape index (κ2) is 7.41. The number of nitrogens with zero attached hydrogens (tertiary/aromatic N) is 1. The molecule has 1 atom stereocenters. The molecule has 0 radical (unpaired) electrons. The summed E-state index contributed by atoms with van der Waals surface area (Å²) in [5.41, 5.74) is 3.97. The van der Waals surface area contributed by atoms with Gasteiger partial charge in [-0.3, -0.25) is 14.6 Å². The SMILES string of the molecule is O=C1CCC(c2cccc(NC(=O)c3ccnc(-c4ccccc4)c3)c2)N1. The van der Waals surface area contributed by atoms with E-state index in [1.165, 1.54) is 0 Å². The molecule has 2 amide bonds. The average Bonchev–Trinajstić information content (AvgIpc) is 3.15. The quantitative estimate of drug-likeness (QED) is 0.743. The molecule has 1 fully saturated rings. The van der Waals surface area contributed by atoms with Gasteiger partial charge in [0, 0.05) is 29.4 Å². The predicted molar refractivity (Wildman–Crippen MR) is 104 cm³/mol. The van der Waals surface area contributed by atoms with Crippen LogP contribution >= 0.6 is 0 Å². The van der Waals surface area contributed by atoms with Crippen molar-refractivity contribution in [2.75, 3.05) is 5.32 Å². The second-order valence-electron chi connectivity index (χ2n) is 6.53. The predicted octanol–water partition coefficient (Wildman–Crippen LogP) is 3.95. The molecule has 27 heavy (non-hydrogen) atoms. The largest absolute Gasteiger partial charge is 0.349 e. The Balaban J connectivity index is 1.52. The third kappa shape index (κ3) is 3.87. The average molecular weight is 357 g/mol. The normalized spacial score (nSPS) is 16.0. The molecule has 0 spiro atoms. The van der Waals surface area contributed by atoms with E-state index >= 15 is 0 Å². The molecule has 3 aromatic rings. The lowest BCUT2D eigenvalue weighted by Gasteiger charge is -2.13. The number of benzene rings is 2. The number of anilines is 1. The van der Waals surface area contributed by atoms with E-state index in [1.807, 2.05) is 54.6 Å². The first kappa shape index (κ1) is 17.0.